The van der Waals surface area contributed by atoms with Crippen molar-refractivity contribution in [3.63, 3.8) is 0 Å². The van der Waals surface area contributed by atoms with E-state index in [-0.39, 0.29) is 18.4 Å². The minimum absolute atomic E-state index is 0.0507. The van der Waals surface area contributed by atoms with Crippen LogP contribution in [-0.4, -0.2) is 55.4 Å². The van der Waals surface area contributed by atoms with Gasteiger partial charge >= 0.3 is 0 Å². The van der Waals surface area contributed by atoms with Gasteiger partial charge in [-0.15, -0.1) is 0 Å². The molecular formula is C14H19N3O3. The Balaban J connectivity index is 2.24. The van der Waals surface area contributed by atoms with Crippen LogP contribution in [0, 0.1) is 0 Å². The lowest BCUT2D eigenvalue weighted by Crippen LogP contribution is -2.38. The van der Waals surface area contributed by atoms with Gasteiger partial charge in [0, 0.05) is 31.9 Å². The van der Waals surface area contributed by atoms with Crippen molar-refractivity contribution < 1.29 is 14.3 Å². The molecule has 108 valence electrons. The molecule has 0 atom stereocenters. The molecule has 1 saturated heterocycles. The quantitative estimate of drug-likeness (QED) is 0.802. The highest BCUT2D eigenvalue weighted by Gasteiger charge is 2.25. The number of hydrogen-bond donors (Lipinski definition) is 1. The van der Waals surface area contributed by atoms with Crippen LogP contribution in [0.15, 0.2) is 18.2 Å². The standard InChI is InChI=1S/C14H19N3O3/c1-16-6-3-7-17(9-13(16)18)14(19)11-5-4-10(15)8-12(11)20-2/h4-5,8H,3,6-7,9,15H2,1-2H3. The van der Waals surface area contributed by atoms with Crippen molar-refractivity contribution in [2.75, 3.05) is 39.5 Å². The third kappa shape index (κ3) is 2.84. The highest BCUT2D eigenvalue weighted by Crippen LogP contribution is 2.23. The molecule has 2 rings (SSSR count). The average molecular weight is 277 g/mol. The Morgan fingerprint density at radius 1 is 1.35 bits per heavy atom. The van der Waals surface area contributed by atoms with Gasteiger partial charge in [-0.3, -0.25) is 9.59 Å². The first-order valence-corrected chi connectivity index (χ1v) is 6.49. The first-order chi connectivity index (χ1) is 9.52. The van der Waals surface area contributed by atoms with Crippen LogP contribution in [0.1, 0.15) is 16.8 Å². The maximum absolute atomic E-state index is 12.5. The molecule has 1 aliphatic rings. The van der Waals surface area contributed by atoms with E-state index < -0.39 is 0 Å². The second kappa shape index (κ2) is 5.81. The largest absolute Gasteiger partial charge is 0.496 e. The van der Waals surface area contributed by atoms with Crippen LogP contribution in [0.25, 0.3) is 0 Å². The fraction of sp³-hybridized carbons (Fsp3) is 0.429. The van der Waals surface area contributed by atoms with Gasteiger partial charge < -0.3 is 20.3 Å². The van der Waals surface area contributed by atoms with Crippen molar-refractivity contribution >= 4 is 17.5 Å². The number of carbonyl (C=O) groups excluding carboxylic acids is 2. The van der Waals surface area contributed by atoms with Gasteiger partial charge in [-0.05, 0) is 18.6 Å². The van der Waals surface area contributed by atoms with E-state index in [0.717, 1.165) is 6.42 Å². The first kappa shape index (κ1) is 14.2. The smallest absolute Gasteiger partial charge is 0.258 e. The monoisotopic (exact) mass is 277 g/mol. The Morgan fingerprint density at radius 3 is 2.80 bits per heavy atom. The zero-order valence-corrected chi connectivity index (χ0v) is 11.8. The number of hydrogen-bond acceptors (Lipinski definition) is 4. The van der Waals surface area contributed by atoms with Gasteiger partial charge in [0.25, 0.3) is 5.91 Å². The summed E-state index contributed by atoms with van der Waals surface area (Å²) in [7, 11) is 3.24. The lowest BCUT2D eigenvalue weighted by atomic mass is 10.1. The molecule has 0 spiro atoms. The number of carbonyl (C=O) groups is 2. The molecule has 0 radical (unpaired) electrons. The molecule has 1 aliphatic heterocycles. The molecule has 0 aliphatic carbocycles. The second-order valence-corrected chi connectivity index (χ2v) is 4.86. The topological polar surface area (TPSA) is 75.9 Å². The number of nitrogens with zero attached hydrogens (tertiary/aromatic N) is 2. The maximum atomic E-state index is 12.5. The molecule has 0 saturated carbocycles. The first-order valence-electron chi connectivity index (χ1n) is 6.49. The molecule has 2 N–H and O–H groups in total. The highest BCUT2D eigenvalue weighted by molar-refractivity contribution is 5.99. The van der Waals surface area contributed by atoms with E-state index >= 15 is 0 Å². The summed E-state index contributed by atoms with van der Waals surface area (Å²) >= 11 is 0. The Bertz CT molecular complexity index is 530. The predicted octanol–water partition coefficient (Wildman–Crippen LogP) is 0.582. The lowest BCUT2D eigenvalue weighted by Gasteiger charge is -2.21. The number of likely N-dealkylation sites (N-methyl/N-ethyl adjacent to an activating group) is 1. The summed E-state index contributed by atoms with van der Waals surface area (Å²) in [6.07, 6.45) is 0.769. The summed E-state index contributed by atoms with van der Waals surface area (Å²) < 4.78 is 5.19. The van der Waals surface area contributed by atoms with E-state index in [2.05, 4.69) is 0 Å². The fourth-order valence-electron chi connectivity index (χ4n) is 2.21. The van der Waals surface area contributed by atoms with Gasteiger partial charge in [-0.2, -0.15) is 0 Å². The molecule has 2 amide bonds. The van der Waals surface area contributed by atoms with Crippen molar-refractivity contribution in [2.24, 2.45) is 0 Å². The Labute approximate surface area is 118 Å². The molecule has 6 nitrogen and oxygen atoms in total. The van der Waals surface area contributed by atoms with Crippen LogP contribution in [0.4, 0.5) is 5.69 Å². The molecule has 0 bridgehead atoms. The minimum atomic E-state index is -0.203. The third-order valence-corrected chi connectivity index (χ3v) is 3.42. The van der Waals surface area contributed by atoms with E-state index in [1.807, 2.05) is 0 Å². The second-order valence-electron chi connectivity index (χ2n) is 4.86. The molecule has 1 aromatic carbocycles. The number of rotatable bonds is 2. The summed E-state index contributed by atoms with van der Waals surface area (Å²) in [6, 6.07) is 4.90. The van der Waals surface area contributed by atoms with E-state index in [0.29, 0.717) is 30.1 Å². The Hall–Kier alpha value is -2.24. The van der Waals surface area contributed by atoms with Crippen molar-refractivity contribution in [1.29, 1.82) is 0 Å². The van der Waals surface area contributed by atoms with Crippen molar-refractivity contribution in [1.82, 2.24) is 9.80 Å². The number of methoxy groups -OCH3 is 1. The zero-order valence-electron chi connectivity index (χ0n) is 11.8. The average Bonchev–Trinajstić information content (AvgIpc) is 2.60. The number of amides is 2. The van der Waals surface area contributed by atoms with E-state index in [1.54, 1.807) is 35.0 Å². The van der Waals surface area contributed by atoms with Crippen LogP contribution < -0.4 is 10.5 Å². The van der Waals surface area contributed by atoms with Crippen LogP contribution in [0.3, 0.4) is 0 Å². The van der Waals surface area contributed by atoms with Gasteiger partial charge in [0.05, 0.1) is 12.7 Å². The summed E-state index contributed by atoms with van der Waals surface area (Å²) in [6.45, 7) is 1.33. The number of benzene rings is 1. The molecule has 20 heavy (non-hydrogen) atoms. The minimum Gasteiger partial charge on any atom is -0.496 e. The van der Waals surface area contributed by atoms with Crippen molar-refractivity contribution in [2.45, 2.75) is 6.42 Å². The zero-order chi connectivity index (χ0) is 14.7. The van der Waals surface area contributed by atoms with Crippen molar-refractivity contribution in [3.05, 3.63) is 23.8 Å². The normalized spacial score (nSPS) is 16.0. The highest BCUT2D eigenvalue weighted by atomic mass is 16.5. The number of anilines is 1. The van der Waals surface area contributed by atoms with Crippen LogP contribution in [0.5, 0.6) is 5.75 Å². The van der Waals surface area contributed by atoms with Crippen LogP contribution >= 0.6 is 0 Å². The Morgan fingerprint density at radius 2 is 2.10 bits per heavy atom. The SMILES string of the molecule is COc1cc(N)ccc1C(=O)N1CCCN(C)C(=O)C1. The fourth-order valence-corrected chi connectivity index (χ4v) is 2.21. The molecular weight excluding hydrogens is 258 g/mol. The van der Waals surface area contributed by atoms with Gasteiger partial charge in [0.2, 0.25) is 5.91 Å². The molecule has 1 aromatic rings. The van der Waals surface area contributed by atoms with Gasteiger partial charge in [0.15, 0.2) is 0 Å². The van der Waals surface area contributed by atoms with E-state index in [4.69, 9.17) is 10.5 Å². The van der Waals surface area contributed by atoms with Crippen molar-refractivity contribution in [3.8, 4) is 5.75 Å². The van der Waals surface area contributed by atoms with Gasteiger partial charge in [0.1, 0.15) is 12.3 Å². The molecule has 0 unspecified atom stereocenters. The van der Waals surface area contributed by atoms with Gasteiger partial charge in [-0.1, -0.05) is 0 Å². The van der Waals surface area contributed by atoms with E-state index in [1.165, 1.54) is 7.11 Å². The number of ether oxygens (including phenoxy) is 1. The molecule has 6 heteroatoms. The lowest BCUT2D eigenvalue weighted by molar-refractivity contribution is -0.129. The van der Waals surface area contributed by atoms with Crippen LogP contribution in [0.2, 0.25) is 0 Å². The summed E-state index contributed by atoms with van der Waals surface area (Å²) in [5.41, 5.74) is 6.64. The molecule has 0 aromatic heterocycles. The predicted molar refractivity (Wildman–Crippen MR) is 75.6 cm³/mol. The summed E-state index contributed by atoms with van der Waals surface area (Å²) in [5.74, 6) is 0.177. The maximum Gasteiger partial charge on any atom is 0.258 e. The number of nitrogens with two attached hydrogens (primary N) is 1. The van der Waals surface area contributed by atoms with E-state index in [9.17, 15) is 9.59 Å². The summed E-state index contributed by atoms with van der Waals surface area (Å²) in [4.78, 5) is 27.6. The van der Waals surface area contributed by atoms with Gasteiger partial charge in [-0.25, -0.2) is 0 Å². The molecule has 1 heterocycles. The third-order valence-electron chi connectivity index (χ3n) is 3.42. The molecule has 1 fully saturated rings. The summed E-state index contributed by atoms with van der Waals surface area (Å²) in [5, 5.41) is 0. The number of nitrogen functional groups attached to an aromatic ring is 1. The Kier molecular flexibility index (Phi) is 4.12. The van der Waals surface area contributed by atoms with Crippen LogP contribution in [-0.2, 0) is 4.79 Å².